The lowest BCUT2D eigenvalue weighted by atomic mass is 9.79. The van der Waals surface area contributed by atoms with Gasteiger partial charge in [-0.25, -0.2) is 0 Å². The molecule has 0 unspecified atom stereocenters. The normalized spacial score (nSPS) is 18.0. The fourth-order valence-electron chi connectivity index (χ4n) is 4.76. The summed E-state index contributed by atoms with van der Waals surface area (Å²) in [6.45, 7) is 8.65. The van der Waals surface area contributed by atoms with Crippen molar-refractivity contribution in [1.82, 2.24) is 14.8 Å². The van der Waals surface area contributed by atoms with Gasteiger partial charge < -0.3 is 14.6 Å². The molecule has 0 amide bonds. The number of piperidine rings is 1. The number of aryl methyl sites for hydroxylation is 1. The molecule has 2 N–H and O–H groups in total. The lowest BCUT2D eigenvalue weighted by Crippen LogP contribution is -2.61. The minimum Gasteiger partial charge on any atom is -0.405 e. The predicted molar refractivity (Wildman–Crippen MR) is 135 cm³/mol. The van der Waals surface area contributed by atoms with Crippen LogP contribution in [0.25, 0.3) is 11.1 Å². The summed E-state index contributed by atoms with van der Waals surface area (Å²) in [6, 6.07) is 7.54. The van der Waals surface area contributed by atoms with Gasteiger partial charge in [-0.05, 0) is 76.9 Å². The Morgan fingerprint density at radius 1 is 1.17 bits per heavy atom. The first kappa shape index (κ1) is 27.3. The Bertz CT molecular complexity index is 1130. The second kappa shape index (κ2) is 9.99. The highest BCUT2D eigenvalue weighted by Crippen LogP contribution is 2.35. The highest BCUT2D eigenvalue weighted by molar-refractivity contribution is 8.14. The van der Waals surface area contributed by atoms with Gasteiger partial charge in [0, 0.05) is 42.0 Å². The summed E-state index contributed by atoms with van der Waals surface area (Å²) in [5, 5.41) is 12.1. The molecule has 2 aromatic rings. The zero-order chi connectivity index (χ0) is 26.2. The number of ether oxygens (including phenoxy) is 1. The van der Waals surface area contributed by atoms with E-state index in [-0.39, 0.29) is 33.3 Å². The van der Waals surface area contributed by atoms with Crippen molar-refractivity contribution >= 4 is 16.8 Å². The molecule has 1 saturated heterocycles. The van der Waals surface area contributed by atoms with E-state index >= 15 is 0 Å². The van der Waals surface area contributed by atoms with Crippen molar-refractivity contribution in [2.24, 2.45) is 7.05 Å². The van der Waals surface area contributed by atoms with Crippen molar-refractivity contribution in [3.8, 4) is 16.9 Å². The van der Waals surface area contributed by atoms with E-state index in [4.69, 9.17) is 5.41 Å². The Balaban J connectivity index is 1.80. The molecule has 0 aliphatic carbocycles. The van der Waals surface area contributed by atoms with E-state index < -0.39 is 12.1 Å². The van der Waals surface area contributed by atoms with E-state index in [9.17, 15) is 18.0 Å². The first-order chi connectivity index (χ1) is 16.1. The second-order valence-corrected chi connectivity index (χ2v) is 11.4. The lowest BCUT2D eigenvalue weighted by Gasteiger charge is -2.49. The Kier molecular flexibility index (Phi) is 7.79. The van der Waals surface area contributed by atoms with Gasteiger partial charge in [0.2, 0.25) is 0 Å². The second-order valence-electron chi connectivity index (χ2n) is 10.4. The van der Waals surface area contributed by atoms with Gasteiger partial charge >= 0.3 is 6.36 Å². The number of pyridine rings is 1. The topological polar surface area (TPSA) is 70.4 Å². The van der Waals surface area contributed by atoms with Crippen LogP contribution in [-0.2, 0) is 7.05 Å². The lowest BCUT2D eigenvalue weighted by molar-refractivity contribution is -0.274. The van der Waals surface area contributed by atoms with Crippen LogP contribution in [0.4, 0.5) is 13.2 Å². The molecule has 0 bridgehead atoms. The quantitative estimate of drug-likeness (QED) is 0.317. The van der Waals surface area contributed by atoms with E-state index in [0.29, 0.717) is 17.0 Å². The number of nitrogens with one attached hydrogen (secondary N) is 2. The molecule has 0 radical (unpaired) electrons. The number of hydrogen-bond acceptors (Lipinski definition) is 6. The largest absolute Gasteiger partial charge is 0.573 e. The van der Waals surface area contributed by atoms with Crippen LogP contribution < -0.4 is 15.6 Å². The average molecular weight is 511 g/mol. The summed E-state index contributed by atoms with van der Waals surface area (Å²) in [4.78, 5) is 14.1. The highest BCUT2D eigenvalue weighted by Gasteiger charge is 2.39. The Morgan fingerprint density at radius 3 is 2.34 bits per heavy atom. The predicted octanol–water partition coefficient (Wildman–Crippen LogP) is 5.21. The first-order valence-electron chi connectivity index (χ1n) is 11.3. The average Bonchev–Trinajstić information content (AvgIpc) is 2.70. The van der Waals surface area contributed by atoms with Crippen LogP contribution in [0.5, 0.6) is 5.75 Å². The van der Waals surface area contributed by atoms with Crippen molar-refractivity contribution in [1.29, 1.82) is 5.41 Å². The van der Waals surface area contributed by atoms with Crippen molar-refractivity contribution < 1.29 is 17.9 Å². The molecule has 10 heteroatoms. The SMILES string of the molecule is CN(CSC(=N)c1ccc(-c2ccn(C)c(=O)c2)cc1OC(F)(F)F)C1CC(C)(C)NC(C)(C)C1. The number of thioether (sulfide) groups is 1. The molecule has 192 valence electrons. The third-order valence-corrected chi connectivity index (χ3v) is 7.14. The number of benzene rings is 1. The van der Waals surface area contributed by atoms with Gasteiger partial charge in [0.25, 0.3) is 5.56 Å². The van der Waals surface area contributed by atoms with Crippen LogP contribution >= 0.6 is 11.8 Å². The van der Waals surface area contributed by atoms with Gasteiger partial charge in [0.15, 0.2) is 0 Å². The maximum atomic E-state index is 13.2. The third kappa shape index (κ3) is 7.35. The number of rotatable bonds is 6. The number of nitrogens with zero attached hydrogens (tertiary/aromatic N) is 2. The van der Waals surface area contributed by atoms with E-state index in [1.807, 2.05) is 7.05 Å². The molecular formula is C25H33F3N4O2S. The van der Waals surface area contributed by atoms with E-state index in [2.05, 4.69) is 42.6 Å². The van der Waals surface area contributed by atoms with Crippen LogP contribution in [0.3, 0.4) is 0 Å². The van der Waals surface area contributed by atoms with Crippen LogP contribution in [0, 0.1) is 5.41 Å². The summed E-state index contributed by atoms with van der Waals surface area (Å²) in [5.74, 6) is -0.00242. The minimum absolute atomic E-state index is 0.0147. The van der Waals surface area contributed by atoms with Crippen molar-refractivity contribution in [3.05, 3.63) is 52.4 Å². The molecule has 1 aromatic carbocycles. The molecule has 0 atom stereocenters. The van der Waals surface area contributed by atoms with Crippen LogP contribution in [-0.4, -0.2) is 50.9 Å². The van der Waals surface area contributed by atoms with Gasteiger partial charge in [-0.1, -0.05) is 17.8 Å². The van der Waals surface area contributed by atoms with Crippen molar-refractivity contribution in [2.45, 2.75) is 64.0 Å². The molecule has 0 spiro atoms. The maximum Gasteiger partial charge on any atom is 0.573 e. The van der Waals surface area contributed by atoms with Gasteiger partial charge in [-0.2, -0.15) is 0 Å². The summed E-state index contributed by atoms with van der Waals surface area (Å²) in [5.41, 5.74) is 0.572. The van der Waals surface area contributed by atoms with Crippen molar-refractivity contribution in [3.63, 3.8) is 0 Å². The van der Waals surface area contributed by atoms with Crippen molar-refractivity contribution in [2.75, 3.05) is 12.9 Å². The van der Waals surface area contributed by atoms with Gasteiger partial charge in [0.05, 0.1) is 10.9 Å². The maximum absolute atomic E-state index is 13.2. The molecule has 1 aliphatic rings. The zero-order valence-corrected chi connectivity index (χ0v) is 21.7. The Hall–Kier alpha value is -2.30. The Labute approximate surface area is 208 Å². The third-order valence-electron chi connectivity index (χ3n) is 6.09. The van der Waals surface area contributed by atoms with E-state index in [1.54, 1.807) is 25.4 Å². The zero-order valence-electron chi connectivity index (χ0n) is 20.9. The number of hydrogen-bond donors (Lipinski definition) is 2. The summed E-state index contributed by atoms with van der Waals surface area (Å²) < 4.78 is 45.2. The number of halogens is 3. The monoisotopic (exact) mass is 510 g/mol. The summed E-state index contributed by atoms with van der Waals surface area (Å²) in [7, 11) is 3.57. The molecule has 3 rings (SSSR count). The Morgan fingerprint density at radius 2 is 1.77 bits per heavy atom. The molecule has 2 heterocycles. The molecule has 1 aliphatic heterocycles. The summed E-state index contributed by atoms with van der Waals surface area (Å²) in [6.07, 6.45) is -1.51. The number of alkyl halides is 3. The molecular weight excluding hydrogens is 477 g/mol. The first-order valence-corrected chi connectivity index (χ1v) is 12.3. The van der Waals surface area contributed by atoms with Crippen LogP contribution in [0.1, 0.15) is 46.1 Å². The van der Waals surface area contributed by atoms with E-state index in [1.165, 1.54) is 34.5 Å². The molecule has 35 heavy (non-hydrogen) atoms. The van der Waals surface area contributed by atoms with E-state index in [0.717, 1.165) is 12.8 Å². The fraction of sp³-hybridized carbons (Fsp3) is 0.520. The smallest absolute Gasteiger partial charge is 0.405 e. The standard InChI is InChI=1S/C25H33F3N4O2S/c1-23(2)13-18(14-24(3,4)30-23)32(6)15-35-22(29)19-8-7-16(11-20(19)34-25(26,27)28)17-9-10-31(5)21(33)12-17/h7-12,18,29-30H,13-15H2,1-6H3. The number of aromatic nitrogens is 1. The molecule has 0 saturated carbocycles. The van der Waals surface area contributed by atoms with Gasteiger partial charge in [0.1, 0.15) is 5.75 Å². The van der Waals surface area contributed by atoms with Crippen LogP contribution in [0.15, 0.2) is 41.3 Å². The highest BCUT2D eigenvalue weighted by atomic mass is 32.2. The molecule has 1 fully saturated rings. The minimum atomic E-state index is -4.91. The van der Waals surface area contributed by atoms with Crippen LogP contribution in [0.2, 0.25) is 0 Å². The summed E-state index contributed by atoms with van der Waals surface area (Å²) >= 11 is 1.17. The molecule has 1 aromatic heterocycles. The van der Waals surface area contributed by atoms with Gasteiger partial charge in [-0.15, -0.1) is 13.2 Å². The molecule has 6 nitrogen and oxygen atoms in total. The fourth-order valence-corrected chi connectivity index (χ4v) is 5.62. The van der Waals surface area contributed by atoms with Gasteiger partial charge in [-0.3, -0.25) is 15.1 Å².